The molecule has 3 N–H and O–H groups in total. The monoisotopic (exact) mass is 258 g/mol. The highest BCUT2D eigenvalue weighted by Crippen LogP contribution is 2.25. The second-order valence-corrected chi connectivity index (χ2v) is 5.61. The molecule has 0 saturated carbocycles. The van der Waals surface area contributed by atoms with Gasteiger partial charge in [-0.25, -0.2) is 0 Å². The van der Waals surface area contributed by atoms with Crippen LogP contribution in [0.4, 0.5) is 0 Å². The molecule has 0 spiro atoms. The van der Waals surface area contributed by atoms with Gasteiger partial charge in [-0.3, -0.25) is 4.79 Å². The van der Waals surface area contributed by atoms with E-state index in [0.29, 0.717) is 13.0 Å². The predicted octanol–water partition coefficient (Wildman–Crippen LogP) is 2.07. The van der Waals surface area contributed by atoms with Gasteiger partial charge in [-0.1, -0.05) is 13.8 Å². The van der Waals surface area contributed by atoms with Crippen LogP contribution in [-0.4, -0.2) is 32.7 Å². The molecule has 4 heteroatoms. The second-order valence-electron chi connectivity index (χ2n) is 5.61. The zero-order valence-corrected chi connectivity index (χ0v) is 12.3. The van der Waals surface area contributed by atoms with Crippen LogP contribution in [-0.2, 0) is 9.53 Å². The van der Waals surface area contributed by atoms with E-state index in [2.05, 4.69) is 19.2 Å². The predicted molar refractivity (Wildman–Crippen MR) is 75.4 cm³/mol. The standard InChI is InChI=1S/C14H30N2O2/c1-14(2,9-10-15)8-7-13(17)16-11-5-4-6-12-18-3/h4-12,15H2,1-3H3,(H,16,17). The summed E-state index contributed by atoms with van der Waals surface area (Å²) in [7, 11) is 1.71. The SMILES string of the molecule is COCCCCCNC(=O)CCC(C)(C)CCN. The van der Waals surface area contributed by atoms with Gasteiger partial charge in [0.2, 0.25) is 5.91 Å². The van der Waals surface area contributed by atoms with Crippen LogP contribution in [0.1, 0.15) is 52.4 Å². The highest BCUT2D eigenvalue weighted by Gasteiger charge is 2.17. The molecule has 0 aliphatic heterocycles. The zero-order valence-electron chi connectivity index (χ0n) is 12.3. The van der Waals surface area contributed by atoms with E-state index in [1.807, 2.05) is 0 Å². The summed E-state index contributed by atoms with van der Waals surface area (Å²) in [4.78, 5) is 11.6. The first-order valence-electron chi connectivity index (χ1n) is 6.97. The molecule has 0 saturated heterocycles. The van der Waals surface area contributed by atoms with E-state index in [-0.39, 0.29) is 11.3 Å². The Morgan fingerprint density at radius 3 is 2.56 bits per heavy atom. The maximum absolute atomic E-state index is 11.6. The number of hydrogen-bond acceptors (Lipinski definition) is 3. The minimum atomic E-state index is 0.159. The number of rotatable bonds is 11. The lowest BCUT2D eigenvalue weighted by Gasteiger charge is -2.23. The summed E-state index contributed by atoms with van der Waals surface area (Å²) < 4.78 is 4.97. The zero-order chi connectivity index (χ0) is 13.9. The number of carbonyl (C=O) groups is 1. The van der Waals surface area contributed by atoms with Crippen LogP contribution in [0.15, 0.2) is 0 Å². The molecule has 1 amide bonds. The number of methoxy groups -OCH3 is 1. The van der Waals surface area contributed by atoms with Crippen molar-refractivity contribution in [3.05, 3.63) is 0 Å². The second kappa shape index (κ2) is 10.3. The number of hydrogen-bond donors (Lipinski definition) is 2. The third-order valence-corrected chi connectivity index (χ3v) is 3.20. The van der Waals surface area contributed by atoms with Crippen LogP contribution < -0.4 is 11.1 Å². The summed E-state index contributed by atoms with van der Waals surface area (Å²) in [5.74, 6) is 0.159. The molecule has 0 aliphatic rings. The molecule has 4 nitrogen and oxygen atoms in total. The van der Waals surface area contributed by atoms with Crippen molar-refractivity contribution in [2.75, 3.05) is 26.8 Å². The number of nitrogens with one attached hydrogen (secondary N) is 1. The Bertz CT molecular complexity index is 218. The summed E-state index contributed by atoms with van der Waals surface area (Å²) in [6.45, 7) is 6.60. The lowest BCUT2D eigenvalue weighted by Crippen LogP contribution is -2.26. The highest BCUT2D eigenvalue weighted by atomic mass is 16.5. The first-order chi connectivity index (χ1) is 8.52. The highest BCUT2D eigenvalue weighted by molar-refractivity contribution is 5.75. The van der Waals surface area contributed by atoms with E-state index < -0.39 is 0 Å². The van der Waals surface area contributed by atoms with Crippen LogP contribution in [0.2, 0.25) is 0 Å². The Labute approximate surface area is 112 Å². The average molecular weight is 258 g/mol. The Morgan fingerprint density at radius 1 is 1.22 bits per heavy atom. The smallest absolute Gasteiger partial charge is 0.220 e. The number of unbranched alkanes of at least 4 members (excludes halogenated alkanes) is 2. The normalized spacial score (nSPS) is 11.6. The topological polar surface area (TPSA) is 64.3 Å². The molecular formula is C14H30N2O2. The summed E-state index contributed by atoms with van der Waals surface area (Å²) in [6.07, 6.45) is 5.67. The number of carbonyl (C=O) groups excluding carboxylic acids is 1. The van der Waals surface area contributed by atoms with Crippen LogP contribution >= 0.6 is 0 Å². The third kappa shape index (κ3) is 10.5. The molecule has 0 aromatic carbocycles. The van der Waals surface area contributed by atoms with Gasteiger partial charge in [0.1, 0.15) is 0 Å². The summed E-state index contributed by atoms with van der Waals surface area (Å²) in [6, 6.07) is 0. The Kier molecular flexibility index (Phi) is 9.98. The van der Waals surface area contributed by atoms with Gasteiger partial charge in [0.05, 0.1) is 0 Å². The van der Waals surface area contributed by atoms with E-state index in [0.717, 1.165) is 45.3 Å². The molecule has 0 aromatic rings. The maximum atomic E-state index is 11.6. The molecule has 0 fully saturated rings. The largest absolute Gasteiger partial charge is 0.385 e. The van der Waals surface area contributed by atoms with Gasteiger partial charge in [0.25, 0.3) is 0 Å². The van der Waals surface area contributed by atoms with Crippen molar-refractivity contribution in [3.8, 4) is 0 Å². The van der Waals surface area contributed by atoms with Gasteiger partial charge < -0.3 is 15.8 Å². The first-order valence-corrected chi connectivity index (χ1v) is 6.97. The Balaban J connectivity index is 3.48. The average Bonchev–Trinajstić information content (AvgIpc) is 2.31. The van der Waals surface area contributed by atoms with Crippen LogP contribution in [0.25, 0.3) is 0 Å². The molecular weight excluding hydrogens is 228 g/mol. The van der Waals surface area contributed by atoms with Crippen LogP contribution in [0.3, 0.4) is 0 Å². The van der Waals surface area contributed by atoms with E-state index >= 15 is 0 Å². The molecule has 108 valence electrons. The Hall–Kier alpha value is -0.610. The molecule has 0 rings (SSSR count). The van der Waals surface area contributed by atoms with Gasteiger partial charge in [0.15, 0.2) is 0 Å². The van der Waals surface area contributed by atoms with Gasteiger partial charge in [-0.05, 0) is 44.1 Å². The summed E-state index contributed by atoms with van der Waals surface area (Å²) in [5.41, 5.74) is 5.72. The van der Waals surface area contributed by atoms with Crippen LogP contribution in [0.5, 0.6) is 0 Å². The summed E-state index contributed by atoms with van der Waals surface area (Å²) >= 11 is 0. The fraction of sp³-hybridized carbons (Fsp3) is 0.929. The first kappa shape index (κ1) is 17.4. The quantitative estimate of drug-likeness (QED) is 0.558. The molecule has 0 atom stereocenters. The molecule has 0 bridgehead atoms. The van der Waals surface area contributed by atoms with Crippen LogP contribution in [0, 0.1) is 5.41 Å². The fourth-order valence-corrected chi connectivity index (χ4v) is 1.83. The van der Waals surface area contributed by atoms with E-state index in [9.17, 15) is 4.79 Å². The fourth-order valence-electron chi connectivity index (χ4n) is 1.83. The van der Waals surface area contributed by atoms with E-state index in [1.165, 1.54) is 0 Å². The minimum absolute atomic E-state index is 0.159. The van der Waals surface area contributed by atoms with Crippen molar-refractivity contribution in [3.63, 3.8) is 0 Å². The summed E-state index contributed by atoms with van der Waals surface area (Å²) in [5, 5.41) is 2.96. The van der Waals surface area contributed by atoms with Crippen molar-refractivity contribution in [1.29, 1.82) is 0 Å². The number of nitrogens with two attached hydrogens (primary N) is 1. The van der Waals surface area contributed by atoms with Gasteiger partial charge in [0, 0.05) is 26.7 Å². The molecule has 0 aromatic heterocycles. The van der Waals surface area contributed by atoms with E-state index in [4.69, 9.17) is 10.5 Å². The molecule has 0 unspecified atom stereocenters. The minimum Gasteiger partial charge on any atom is -0.385 e. The van der Waals surface area contributed by atoms with Crippen molar-refractivity contribution >= 4 is 5.91 Å². The van der Waals surface area contributed by atoms with Crippen molar-refractivity contribution in [2.45, 2.75) is 52.4 Å². The van der Waals surface area contributed by atoms with Crippen molar-refractivity contribution < 1.29 is 9.53 Å². The van der Waals surface area contributed by atoms with Gasteiger partial charge >= 0.3 is 0 Å². The molecule has 18 heavy (non-hydrogen) atoms. The molecule has 0 radical (unpaired) electrons. The number of amides is 1. The Morgan fingerprint density at radius 2 is 1.94 bits per heavy atom. The molecule has 0 heterocycles. The number of ether oxygens (including phenoxy) is 1. The van der Waals surface area contributed by atoms with Crippen molar-refractivity contribution in [2.24, 2.45) is 11.1 Å². The van der Waals surface area contributed by atoms with Gasteiger partial charge in [-0.2, -0.15) is 0 Å². The lowest BCUT2D eigenvalue weighted by molar-refractivity contribution is -0.121. The van der Waals surface area contributed by atoms with Crippen molar-refractivity contribution in [1.82, 2.24) is 5.32 Å². The van der Waals surface area contributed by atoms with E-state index in [1.54, 1.807) is 7.11 Å². The maximum Gasteiger partial charge on any atom is 0.220 e. The third-order valence-electron chi connectivity index (χ3n) is 3.20. The lowest BCUT2D eigenvalue weighted by atomic mass is 9.84. The molecule has 0 aliphatic carbocycles. The van der Waals surface area contributed by atoms with Gasteiger partial charge in [-0.15, -0.1) is 0 Å².